The fraction of sp³-hybridized carbons (Fsp3) is 0.375. The summed E-state index contributed by atoms with van der Waals surface area (Å²) in [5.74, 6) is 0.412. The van der Waals surface area contributed by atoms with Gasteiger partial charge >= 0.3 is 7.48 Å². The molecule has 0 spiro atoms. The maximum absolute atomic E-state index is 8.69. The van der Waals surface area contributed by atoms with E-state index in [1.54, 1.807) is 12.3 Å². The second-order valence-electron chi connectivity index (χ2n) is 2.80. The van der Waals surface area contributed by atoms with Gasteiger partial charge in [-0.15, -0.1) is 0 Å². The Labute approximate surface area is 67.6 Å². The van der Waals surface area contributed by atoms with Gasteiger partial charge in [0.1, 0.15) is 0 Å². The molecule has 1 heterocycles. The molecule has 0 bridgehead atoms. The van der Waals surface area contributed by atoms with Crippen LogP contribution in [-0.2, 0) is 0 Å². The largest absolute Gasteiger partial charge is 0.450 e. The molecule has 3 heteroatoms. The molecule has 0 aliphatic carbocycles. The smallest absolute Gasteiger partial charge is 0.326 e. The van der Waals surface area contributed by atoms with Crippen LogP contribution >= 0.6 is 0 Å². The summed E-state index contributed by atoms with van der Waals surface area (Å²) >= 11 is 0. The van der Waals surface area contributed by atoms with Crippen molar-refractivity contribution in [2.75, 3.05) is 0 Å². The fourth-order valence-corrected chi connectivity index (χ4v) is 0.862. The Hall–Kier alpha value is -0.825. The monoisotopic (exact) mass is 148 g/mol. The van der Waals surface area contributed by atoms with Crippen molar-refractivity contribution in [2.45, 2.75) is 19.8 Å². The summed E-state index contributed by atoms with van der Waals surface area (Å²) in [5.41, 5.74) is 1.82. The van der Waals surface area contributed by atoms with Crippen LogP contribution in [0.5, 0.6) is 0 Å². The zero-order valence-corrected chi connectivity index (χ0v) is 6.78. The third-order valence-electron chi connectivity index (χ3n) is 1.55. The Morgan fingerprint density at radius 3 is 2.82 bits per heavy atom. The molecule has 1 radical (unpaired) electrons. The molecule has 0 atom stereocenters. The second-order valence-corrected chi connectivity index (χ2v) is 2.80. The molecule has 1 N–H and O–H groups in total. The minimum absolute atomic E-state index is 0.412. The van der Waals surface area contributed by atoms with E-state index in [1.165, 1.54) is 0 Å². The lowest BCUT2D eigenvalue weighted by molar-refractivity contribution is 0.615. The molecule has 0 unspecified atom stereocenters. The first kappa shape index (κ1) is 8.27. The van der Waals surface area contributed by atoms with Gasteiger partial charge in [0.05, 0.1) is 0 Å². The summed E-state index contributed by atoms with van der Waals surface area (Å²) in [7, 11) is 1.09. The topological polar surface area (TPSA) is 33.1 Å². The molecule has 0 aliphatic rings. The highest BCUT2D eigenvalue weighted by Crippen LogP contribution is 2.07. The summed E-state index contributed by atoms with van der Waals surface area (Å²) in [6.45, 7) is 4.15. The van der Waals surface area contributed by atoms with Crippen molar-refractivity contribution >= 4 is 12.9 Å². The van der Waals surface area contributed by atoms with E-state index in [0.717, 1.165) is 18.6 Å². The number of hydrogen-bond acceptors (Lipinski definition) is 2. The first-order valence-corrected chi connectivity index (χ1v) is 3.67. The predicted octanol–water partition coefficient (Wildman–Crippen LogP) is 0.442. The Morgan fingerprint density at radius 1 is 1.55 bits per heavy atom. The number of hydrogen-bond donors (Lipinski definition) is 1. The van der Waals surface area contributed by atoms with Crippen molar-refractivity contribution in [3.8, 4) is 0 Å². The van der Waals surface area contributed by atoms with E-state index in [9.17, 15) is 0 Å². The van der Waals surface area contributed by atoms with Gasteiger partial charge in [-0.2, -0.15) is 0 Å². The highest BCUT2D eigenvalue weighted by atomic mass is 16.2. The Balaban J connectivity index is 2.91. The van der Waals surface area contributed by atoms with Crippen molar-refractivity contribution < 1.29 is 5.02 Å². The van der Waals surface area contributed by atoms with Crippen molar-refractivity contribution in [1.82, 2.24) is 4.98 Å². The van der Waals surface area contributed by atoms with Crippen LogP contribution in [-0.4, -0.2) is 17.5 Å². The standard InChI is InChI=1S/C8H11BNO/c1-6(2)8-5-7(9-11)3-4-10-8/h3-6,11H,1-2H3. The van der Waals surface area contributed by atoms with Crippen LogP contribution in [0.2, 0.25) is 0 Å². The molecular weight excluding hydrogens is 137 g/mol. The fourth-order valence-electron chi connectivity index (χ4n) is 0.862. The van der Waals surface area contributed by atoms with E-state index in [0.29, 0.717) is 5.92 Å². The SMILES string of the molecule is CC(C)c1cc([B]O)ccn1. The average molecular weight is 148 g/mol. The van der Waals surface area contributed by atoms with E-state index in [4.69, 9.17) is 5.02 Å². The summed E-state index contributed by atoms with van der Waals surface area (Å²) in [6.07, 6.45) is 1.71. The van der Waals surface area contributed by atoms with Crippen LogP contribution in [0.3, 0.4) is 0 Å². The van der Waals surface area contributed by atoms with Gasteiger partial charge in [0.2, 0.25) is 0 Å². The average Bonchev–Trinajstić information content (AvgIpc) is 2.05. The molecule has 1 rings (SSSR count). The Kier molecular flexibility index (Phi) is 2.66. The third-order valence-corrected chi connectivity index (χ3v) is 1.55. The third kappa shape index (κ3) is 2.05. The molecule has 1 aromatic rings. The van der Waals surface area contributed by atoms with E-state index in [2.05, 4.69) is 18.8 Å². The van der Waals surface area contributed by atoms with Crippen molar-refractivity contribution in [2.24, 2.45) is 0 Å². The van der Waals surface area contributed by atoms with Gasteiger partial charge in [-0.3, -0.25) is 4.98 Å². The van der Waals surface area contributed by atoms with E-state index >= 15 is 0 Å². The van der Waals surface area contributed by atoms with Crippen LogP contribution in [0.1, 0.15) is 25.5 Å². The lowest BCUT2D eigenvalue weighted by Gasteiger charge is -2.03. The highest BCUT2D eigenvalue weighted by Gasteiger charge is 2.01. The summed E-state index contributed by atoms with van der Waals surface area (Å²) in [4.78, 5) is 4.16. The van der Waals surface area contributed by atoms with Crippen LogP contribution in [0.25, 0.3) is 0 Å². The van der Waals surface area contributed by atoms with Crippen molar-refractivity contribution in [3.63, 3.8) is 0 Å². The van der Waals surface area contributed by atoms with Gasteiger partial charge in [-0.25, -0.2) is 0 Å². The van der Waals surface area contributed by atoms with Crippen LogP contribution in [0.4, 0.5) is 0 Å². The normalized spacial score (nSPS) is 10.2. The van der Waals surface area contributed by atoms with Gasteiger partial charge in [-0.1, -0.05) is 19.3 Å². The minimum atomic E-state index is 0.412. The first-order valence-electron chi connectivity index (χ1n) is 3.67. The lowest BCUT2D eigenvalue weighted by atomic mass is 9.88. The molecule has 11 heavy (non-hydrogen) atoms. The molecule has 57 valence electrons. The van der Waals surface area contributed by atoms with Gasteiger partial charge in [0.25, 0.3) is 0 Å². The van der Waals surface area contributed by atoms with Gasteiger partial charge in [0.15, 0.2) is 0 Å². The molecule has 1 aromatic heterocycles. The van der Waals surface area contributed by atoms with Crippen molar-refractivity contribution in [3.05, 3.63) is 24.0 Å². The lowest BCUT2D eigenvalue weighted by Crippen LogP contribution is -2.14. The molecular formula is C8H11BNO. The summed E-state index contributed by atoms with van der Waals surface area (Å²) in [5, 5.41) is 8.69. The summed E-state index contributed by atoms with van der Waals surface area (Å²) < 4.78 is 0. The van der Waals surface area contributed by atoms with Gasteiger partial charge < -0.3 is 5.02 Å². The molecule has 0 saturated heterocycles. The van der Waals surface area contributed by atoms with E-state index in [-0.39, 0.29) is 0 Å². The highest BCUT2D eigenvalue weighted by molar-refractivity contribution is 6.45. The maximum Gasteiger partial charge on any atom is 0.326 e. The molecule has 0 aromatic carbocycles. The predicted molar refractivity (Wildman–Crippen MR) is 45.9 cm³/mol. The van der Waals surface area contributed by atoms with Crippen LogP contribution < -0.4 is 5.46 Å². The Morgan fingerprint density at radius 2 is 2.27 bits per heavy atom. The van der Waals surface area contributed by atoms with E-state index in [1.807, 2.05) is 6.07 Å². The quantitative estimate of drug-likeness (QED) is 0.617. The summed E-state index contributed by atoms with van der Waals surface area (Å²) in [6, 6.07) is 3.65. The Bertz CT molecular complexity index is 237. The van der Waals surface area contributed by atoms with E-state index < -0.39 is 0 Å². The molecule has 0 saturated carbocycles. The molecule has 0 aliphatic heterocycles. The van der Waals surface area contributed by atoms with Gasteiger partial charge in [-0.05, 0) is 18.1 Å². The molecule has 0 fully saturated rings. The number of nitrogens with zero attached hydrogens (tertiary/aromatic N) is 1. The number of aromatic nitrogens is 1. The zero-order valence-electron chi connectivity index (χ0n) is 6.78. The second kappa shape index (κ2) is 3.53. The maximum atomic E-state index is 8.69. The van der Waals surface area contributed by atoms with Crippen LogP contribution in [0, 0.1) is 0 Å². The number of rotatable bonds is 2. The first-order chi connectivity index (χ1) is 5.24. The molecule has 2 nitrogen and oxygen atoms in total. The molecule has 0 amide bonds. The zero-order chi connectivity index (χ0) is 8.27. The van der Waals surface area contributed by atoms with Crippen LogP contribution in [0.15, 0.2) is 18.3 Å². The van der Waals surface area contributed by atoms with Crippen molar-refractivity contribution in [1.29, 1.82) is 0 Å². The minimum Gasteiger partial charge on any atom is -0.450 e. The van der Waals surface area contributed by atoms with Gasteiger partial charge in [0, 0.05) is 11.9 Å². The number of pyridine rings is 1.